The summed E-state index contributed by atoms with van der Waals surface area (Å²) in [6.45, 7) is 3.89. The van der Waals surface area contributed by atoms with E-state index in [2.05, 4.69) is 26.7 Å². The molecule has 0 atom stereocenters. The van der Waals surface area contributed by atoms with Crippen LogP contribution in [-0.4, -0.2) is 29.5 Å². The van der Waals surface area contributed by atoms with E-state index < -0.39 is 17.8 Å². The van der Waals surface area contributed by atoms with Crippen molar-refractivity contribution < 1.29 is 8.78 Å². The zero-order chi connectivity index (χ0) is 14.8. The van der Waals surface area contributed by atoms with Crippen molar-refractivity contribution in [1.29, 1.82) is 0 Å². The highest BCUT2D eigenvalue weighted by Gasteiger charge is 2.22. The first-order valence-corrected chi connectivity index (χ1v) is 5.99. The van der Waals surface area contributed by atoms with Gasteiger partial charge >= 0.3 is 0 Å². The van der Waals surface area contributed by atoms with E-state index in [9.17, 15) is 8.78 Å². The molecule has 0 saturated heterocycles. The summed E-state index contributed by atoms with van der Waals surface area (Å²) in [7, 11) is 0. The molecule has 0 aliphatic carbocycles. The summed E-state index contributed by atoms with van der Waals surface area (Å²) in [6, 6.07) is 3.30. The van der Waals surface area contributed by atoms with Gasteiger partial charge in [0.2, 0.25) is 0 Å². The Morgan fingerprint density at radius 2 is 1.67 bits per heavy atom. The zero-order valence-electron chi connectivity index (χ0n) is 10.8. The molecule has 2 aromatic heterocycles. The Kier molecular flexibility index (Phi) is 3.27. The number of hydrogen-bond donors (Lipinski definition) is 0. The predicted molar refractivity (Wildman–Crippen MR) is 69.9 cm³/mol. The first-order chi connectivity index (χ1) is 10.2. The maximum Gasteiger partial charge on any atom is 0.172 e. The van der Waals surface area contributed by atoms with E-state index in [0.29, 0.717) is 5.57 Å². The highest BCUT2D eigenvalue weighted by atomic mass is 19.1. The summed E-state index contributed by atoms with van der Waals surface area (Å²) in [5.74, 6) is -1.35. The Morgan fingerprint density at radius 1 is 1.05 bits per heavy atom. The highest BCUT2D eigenvalue weighted by Crippen LogP contribution is 2.28. The number of nitrogens with zero attached hydrogens (tertiary/aromatic N) is 6. The second-order valence-electron chi connectivity index (χ2n) is 4.27. The number of halogens is 2. The Labute approximate surface area is 118 Å². The van der Waals surface area contributed by atoms with Crippen LogP contribution in [0.15, 0.2) is 50.1 Å². The number of benzene rings is 1. The average Bonchev–Trinajstić information content (AvgIpc) is 3.12. The van der Waals surface area contributed by atoms with Crippen molar-refractivity contribution in [2.24, 2.45) is 0 Å². The van der Waals surface area contributed by atoms with Gasteiger partial charge in [0.05, 0.1) is 0 Å². The van der Waals surface area contributed by atoms with Crippen molar-refractivity contribution in [1.82, 2.24) is 29.5 Å². The fourth-order valence-electron chi connectivity index (χ4n) is 2.02. The molecule has 8 heteroatoms. The van der Waals surface area contributed by atoms with Gasteiger partial charge in [-0.05, 0) is 12.1 Å². The van der Waals surface area contributed by atoms with E-state index in [-0.39, 0.29) is 5.56 Å². The molecule has 0 unspecified atom stereocenters. The molecule has 0 amide bonds. The second-order valence-corrected chi connectivity index (χ2v) is 4.27. The first kappa shape index (κ1) is 13.1. The molecule has 0 fully saturated rings. The third kappa shape index (κ3) is 2.42. The Balaban J connectivity index is 2.06. The number of aromatic nitrogens is 6. The largest absolute Gasteiger partial charge is 0.224 e. The van der Waals surface area contributed by atoms with Gasteiger partial charge in [0, 0.05) is 17.2 Å². The molecule has 0 spiro atoms. The van der Waals surface area contributed by atoms with Crippen LogP contribution < -0.4 is 0 Å². The molecule has 0 N–H and O–H groups in total. The molecule has 0 aliphatic heterocycles. The van der Waals surface area contributed by atoms with Gasteiger partial charge in [-0.2, -0.15) is 10.2 Å². The van der Waals surface area contributed by atoms with Crippen molar-refractivity contribution in [3.8, 4) is 0 Å². The van der Waals surface area contributed by atoms with Crippen molar-refractivity contribution in [3.63, 3.8) is 0 Å². The maximum absolute atomic E-state index is 14.0. The van der Waals surface area contributed by atoms with Crippen LogP contribution in [0.1, 0.15) is 11.7 Å². The summed E-state index contributed by atoms with van der Waals surface area (Å²) < 4.78 is 29.9. The quantitative estimate of drug-likeness (QED) is 0.735. The molecule has 0 aliphatic rings. The minimum atomic E-state index is -0.703. The van der Waals surface area contributed by atoms with Gasteiger partial charge in [0.25, 0.3) is 0 Å². The number of hydrogen-bond acceptors (Lipinski definition) is 4. The molecule has 6 nitrogen and oxygen atoms in total. The lowest BCUT2D eigenvalue weighted by Crippen LogP contribution is -2.21. The number of allylic oxidation sites excluding steroid dienone is 1. The Hall–Kier alpha value is -2.90. The second kappa shape index (κ2) is 5.23. The monoisotopic (exact) mass is 288 g/mol. The van der Waals surface area contributed by atoms with E-state index in [1.165, 1.54) is 46.8 Å². The summed E-state index contributed by atoms with van der Waals surface area (Å²) in [4.78, 5) is 7.72. The zero-order valence-corrected chi connectivity index (χ0v) is 10.8. The molecule has 1 aromatic carbocycles. The van der Waals surface area contributed by atoms with E-state index >= 15 is 0 Å². The summed E-state index contributed by atoms with van der Waals surface area (Å²) in [5, 5.41) is 8.05. The summed E-state index contributed by atoms with van der Waals surface area (Å²) in [6.07, 6.45) is 4.96. The molecule has 0 radical (unpaired) electrons. The van der Waals surface area contributed by atoms with Crippen LogP contribution in [0.3, 0.4) is 0 Å². The summed E-state index contributed by atoms with van der Waals surface area (Å²) >= 11 is 0. The molecular formula is C13H10F2N6. The van der Waals surface area contributed by atoms with Gasteiger partial charge in [-0.15, -0.1) is 0 Å². The van der Waals surface area contributed by atoms with Gasteiger partial charge in [0.1, 0.15) is 36.9 Å². The van der Waals surface area contributed by atoms with Crippen LogP contribution in [-0.2, 0) is 0 Å². The fraction of sp³-hybridized carbons (Fsp3) is 0.0769. The van der Waals surface area contributed by atoms with E-state index in [1.807, 2.05) is 0 Å². The lowest BCUT2D eigenvalue weighted by atomic mass is 10.0. The van der Waals surface area contributed by atoms with Crippen LogP contribution in [0.4, 0.5) is 8.78 Å². The maximum atomic E-state index is 14.0. The molecule has 0 bridgehead atoms. The van der Waals surface area contributed by atoms with Crippen LogP contribution in [0, 0.1) is 11.6 Å². The van der Waals surface area contributed by atoms with Crippen LogP contribution in [0.25, 0.3) is 5.57 Å². The molecule has 21 heavy (non-hydrogen) atoms. The van der Waals surface area contributed by atoms with Crippen LogP contribution >= 0.6 is 0 Å². The van der Waals surface area contributed by atoms with Crippen LogP contribution in [0.5, 0.6) is 0 Å². The molecule has 3 rings (SSSR count). The molecule has 106 valence electrons. The fourth-order valence-corrected chi connectivity index (χ4v) is 2.02. The van der Waals surface area contributed by atoms with Gasteiger partial charge in [-0.1, -0.05) is 6.58 Å². The average molecular weight is 288 g/mol. The van der Waals surface area contributed by atoms with Gasteiger partial charge in [0.15, 0.2) is 6.17 Å². The Morgan fingerprint density at radius 3 is 2.14 bits per heavy atom. The normalized spacial score (nSPS) is 11.0. The van der Waals surface area contributed by atoms with Crippen LogP contribution in [0.2, 0.25) is 0 Å². The molecular weight excluding hydrogens is 278 g/mol. The van der Waals surface area contributed by atoms with Crippen molar-refractivity contribution in [3.05, 3.63) is 67.3 Å². The summed E-state index contributed by atoms with van der Waals surface area (Å²) in [5.41, 5.74) is 0.524. The lowest BCUT2D eigenvalue weighted by molar-refractivity contribution is 0.440. The third-order valence-corrected chi connectivity index (χ3v) is 2.96. The van der Waals surface area contributed by atoms with Crippen molar-refractivity contribution in [2.75, 3.05) is 0 Å². The first-order valence-electron chi connectivity index (χ1n) is 5.99. The SMILES string of the molecule is C=C(c1ccc(F)cc1F)C(n1cncn1)n1cncn1. The van der Waals surface area contributed by atoms with Crippen molar-refractivity contribution >= 4 is 5.57 Å². The van der Waals surface area contributed by atoms with Gasteiger partial charge in [-0.25, -0.2) is 28.1 Å². The van der Waals surface area contributed by atoms with E-state index in [1.54, 1.807) is 0 Å². The molecule has 0 saturated carbocycles. The van der Waals surface area contributed by atoms with E-state index in [0.717, 1.165) is 6.07 Å². The lowest BCUT2D eigenvalue weighted by Gasteiger charge is -2.20. The topological polar surface area (TPSA) is 61.4 Å². The minimum Gasteiger partial charge on any atom is -0.224 e. The van der Waals surface area contributed by atoms with Gasteiger partial charge in [-0.3, -0.25) is 0 Å². The van der Waals surface area contributed by atoms with Crippen molar-refractivity contribution in [2.45, 2.75) is 6.17 Å². The highest BCUT2D eigenvalue weighted by molar-refractivity contribution is 5.66. The molecule has 3 aromatic rings. The standard InChI is InChI=1S/C13H10F2N6/c1-9(11-3-2-10(14)4-12(11)15)13(20-7-16-5-18-20)21-8-17-6-19-21/h2-8,13H,1H2. The molecule has 2 heterocycles. The van der Waals surface area contributed by atoms with E-state index in [4.69, 9.17) is 0 Å². The third-order valence-electron chi connectivity index (χ3n) is 2.96. The minimum absolute atomic E-state index is 0.174. The Bertz CT molecular complexity index is 717. The smallest absolute Gasteiger partial charge is 0.172 e. The van der Waals surface area contributed by atoms with Gasteiger partial charge < -0.3 is 0 Å². The number of rotatable bonds is 4. The predicted octanol–water partition coefficient (Wildman–Crippen LogP) is 1.91.